The Kier molecular flexibility index (Phi) is 5.60. The molecule has 1 amide bonds. The van der Waals surface area contributed by atoms with Gasteiger partial charge in [-0.15, -0.1) is 0 Å². The van der Waals surface area contributed by atoms with Crippen molar-refractivity contribution >= 4 is 5.91 Å². The number of likely N-dealkylation sites (tertiary alicyclic amines) is 2. The molecule has 0 aromatic heterocycles. The van der Waals surface area contributed by atoms with Gasteiger partial charge in [0.25, 0.3) is 5.91 Å². The molecular formula is C22H32N2O2. The van der Waals surface area contributed by atoms with Crippen LogP contribution >= 0.6 is 0 Å². The van der Waals surface area contributed by atoms with Crippen LogP contribution in [0, 0.1) is 0 Å². The topological polar surface area (TPSA) is 32.8 Å². The maximum atomic E-state index is 12.9. The standard InChI is InChI=1S/C22H32N2O2/c25-21(24-15-4-10-22(12-16-24)11-5-17-26-22)20-8-6-19(7-9-20)18-23-13-2-1-3-14-23/h6-9H,1-5,10-18H2. The number of carbonyl (C=O) groups excluding carboxylic acids is 1. The van der Waals surface area contributed by atoms with E-state index in [4.69, 9.17) is 4.74 Å². The molecule has 3 saturated heterocycles. The van der Waals surface area contributed by atoms with E-state index in [2.05, 4.69) is 17.0 Å². The van der Waals surface area contributed by atoms with Crippen molar-refractivity contribution in [1.29, 1.82) is 0 Å². The Hall–Kier alpha value is -1.39. The second-order valence-electron chi connectivity index (χ2n) is 8.31. The highest BCUT2D eigenvalue weighted by molar-refractivity contribution is 5.94. The Labute approximate surface area is 157 Å². The molecule has 0 aliphatic carbocycles. The molecule has 4 rings (SSSR count). The number of piperidine rings is 1. The maximum absolute atomic E-state index is 12.9. The van der Waals surface area contributed by atoms with Crippen LogP contribution in [0.3, 0.4) is 0 Å². The number of ether oxygens (including phenoxy) is 1. The molecule has 1 unspecified atom stereocenters. The molecule has 3 fully saturated rings. The quantitative estimate of drug-likeness (QED) is 0.825. The predicted octanol–water partition coefficient (Wildman–Crippen LogP) is 3.85. The number of carbonyl (C=O) groups is 1. The summed E-state index contributed by atoms with van der Waals surface area (Å²) in [5.74, 6) is 0.185. The molecule has 1 atom stereocenters. The Bertz CT molecular complexity index is 601. The van der Waals surface area contributed by atoms with Gasteiger partial charge in [0.05, 0.1) is 5.60 Å². The summed E-state index contributed by atoms with van der Waals surface area (Å²) in [7, 11) is 0. The fraction of sp³-hybridized carbons (Fsp3) is 0.682. The van der Waals surface area contributed by atoms with Gasteiger partial charge in [-0.1, -0.05) is 18.6 Å². The zero-order valence-corrected chi connectivity index (χ0v) is 15.9. The van der Waals surface area contributed by atoms with E-state index in [0.29, 0.717) is 0 Å². The van der Waals surface area contributed by atoms with Gasteiger partial charge in [0.15, 0.2) is 0 Å². The van der Waals surface area contributed by atoms with Gasteiger partial charge in [0.1, 0.15) is 0 Å². The highest BCUT2D eigenvalue weighted by Gasteiger charge is 2.37. The molecule has 142 valence electrons. The molecule has 3 heterocycles. The van der Waals surface area contributed by atoms with E-state index in [1.807, 2.05) is 17.0 Å². The van der Waals surface area contributed by atoms with E-state index in [1.165, 1.54) is 50.8 Å². The molecule has 4 heteroatoms. The van der Waals surface area contributed by atoms with Crippen LogP contribution in [0.15, 0.2) is 24.3 Å². The van der Waals surface area contributed by atoms with Gasteiger partial charge in [-0.05, 0) is 75.7 Å². The van der Waals surface area contributed by atoms with Gasteiger partial charge in [0, 0.05) is 31.8 Å². The van der Waals surface area contributed by atoms with E-state index < -0.39 is 0 Å². The zero-order valence-electron chi connectivity index (χ0n) is 15.9. The lowest BCUT2D eigenvalue weighted by Crippen LogP contribution is -2.34. The number of benzene rings is 1. The molecule has 0 saturated carbocycles. The summed E-state index contributed by atoms with van der Waals surface area (Å²) >= 11 is 0. The molecule has 3 aliphatic heterocycles. The van der Waals surface area contributed by atoms with Crippen LogP contribution < -0.4 is 0 Å². The Morgan fingerprint density at radius 1 is 0.885 bits per heavy atom. The van der Waals surface area contributed by atoms with Crippen LogP contribution in [-0.4, -0.2) is 54.1 Å². The number of nitrogens with zero attached hydrogens (tertiary/aromatic N) is 2. The minimum absolute atomic E-state index is 0.0628. The van der Waals surface area contributed by atoms with Gasteiger partial charge < -0.3 is 9.64 Å². The van der Waals surface area contributed by atoms with Crippen LogP contribution in [0.5, 0.6) is 0 Å². The van der Waals surface area contributed by atoms with E-state index in [1.54, 1.807) is 0 Å². The van der Waals surface area contributed by atoms with Crippen LogP contribution in [0.25, 0.3) is 0 Å². The first-order chi connectivity index (χ1) is 12.7. The van der Waals surface area contributed by atoms with Crippen LogP contribution in [-0.2, 0) is 11.3 Å². The van der Waals surface area contributed by atoms with Crippen molar-refractivity contribution in [2.45, 2.75) is 63.5 Å². The Morgan fingerprint density at radius 2 is 1.65 bits per heavy atom. The highest BCUT2D eigenvalue weighted by Crippen LogP contribution is 2.35. The second kappa shape index (κ2) is 8.10. The van der Waals surface area contributed by atoms with Gasteiger partial charge >= 0.3 is 0 Å². The summed E-state index contributed by atoms with van der Waals surface area (Å²) in [6, 6.07) is 8.32. The molecule has 1 spiro atoms. The van der Waals surface area contributed by atoms with Crippen molar-refractivity contribution in [2.75, 3.05) is 32.8 Å². The summed E-state index contributed by atoms with van der Waals surface area (Å²) in [5.41, 5.74) is 2.21. The first-order valence-electron chi connectivity index (χ1n) is 10.5. The normalized spacial score (nSPS) is 27.6. The molecule has 0 N–H and O–H groups in total. The minimum atomic E-state index is 0.0628. The van der Waals surface area contributed by atoms with Crippen LogP contribution in [0.4, 0.5) is 0 Å². The number of hydrogen-bond acceptors (Lipinski definition) is 3. The van der Waals surface area contributed by atoms with E-state index >= 15 is 0 Å². The highest BCUT2D eigenvalue weighted by atomic mass is 16.5. The molecule has 4 nitrogen and oxygen atoms in total. The summed E-state index contributed by atoms with van der Waals surface area (Å²) in [4.78, 5) is 17.5. The Morgan fingerprint density at radius 3 is 2.38 bits per heavy atom. The summed E-state index contributed by atoms with van der Waals surface area (Å²) in [6.45, 7) is 6.01. The second-order valence-corrected chi connectivity index (χ2v) is 8.31. The lowest BCUT2D eigenvalue weighted by Gasteiger charge is -2.27. The monoisotopic (exact) mass is 356 g/mol. The zero-order chi connectivity index (χ0) is 17.8. The van der Waals surface area contributed by atoms with E-state index in [0.717, 1.165) is 51.1 Å². The van der Waals surface area contributed by atoms with Gasteiger partial charge in [-0.25, -0.2) is 0 Å². The molecule has 0 radical (unpaired) electrons. The van der Waals surface area contributed by atoms with Crippen molar-refractivity contribution in [3.05, 3.63) is 35.4 Å². The molecule has 26 heavy (non-hydrogen) atoms. The van der Waals surface area contributed by atoms with Crippen LogP contribution in [0.2, 0.25) is 0 Å². The summed E-state index contributed by atoms with van der Waals surface area (Å²) in [5, 5.41) is 0. The summed E-state index contributed by atoms with van der Waals surface area (Å²) in [6.07, 6.45) is 9.49. The van der Waals surface area contributed by atoms with Crippen LogP contribution in [0.1, 0.15) is 67.3 Å². The third kappa shape index (κ3) is 4.12. The average molecular weight is 357 g/mol. The molecule has 3 aliphatic rings. The molecular weight excluding hydrogens is 324 g/mol. The first-order valence-corrected chi connectivity index (χ1v) is 10.5. The smallest absolute Gasteiger partial charge is 0.253 e. The van der Waals surface area contributed by atoms with Crippen molar-refractivity contribution in [1.82, 2.24) is 9.80 Å². The maximum Gasteiger partial charge on any atom is 0.253 e. The first kappa shape index (κ1) is 18.0. The predicted molar refractivity (Wildman–Crippen MR) is 103 cm³/mol. The van der Waals surface area contributed by atoms with Crippen molar-refractivity contribution in [2.24, 2.45) is 0 Å². The fourth-order valence-electron chi connectivity index (χ4n) is 4.83. The van der Waals surface area contributed by atoms with Gasteiger partial charge in [-0.3, -0.25) is 9.69 Å². The molecule has 1 aromatic carbocycles. The number of rotatable bonds is 3. The lowest BCUT2D eigenvalue weighted by molar-refractivity contribution is -0.00691. The Balaban J connectivity index is 1.35. The number of hydrogen-bond donors (Lipinski definition) is 0. The van der Waals surface area contributed by atoms with E-state index in [9.17, 15) is 4.79 Å². The average Bonchev–Trinajstić information content (AvgIpc) is 3.03. The van der Waals surface area contributed by atoms with Gasteiger partial charge in [-0.2, -0.15) is 0 Å². The third-order valence-corrected chi connectivity index (χ3v) is 6.43. The molecule has 1 aromatic rings. The van der Waals surface area contributed by atoms with Crippen molar-refractivity contribution in [3.63, 3.8) is 0 Å². The van der Waals surface area contributed by atoms with Crippen molar-refractivity contribution < 1.29 is 9.53 Å². The fourth-order valence-corrected chi connectivity index (χ4v) is 4.83. The SMILES string of the molecule is O=C(c1ccc(CN2CCCCC2)cc1)N1CCCC2(CCCO2)CC1. The lowest BCUT2D eigenvalue weighted by atomic mass is 9.92. The summed E-state index contributed by atoms with van der Waals surface area (Å²) < 4.78 is 6.04. The van der Waals surface area contributed by atoms with Gasteiger partial charge in [0.2, 0.25) is 0 Å². The van der Waals surface area contributed by atoms with Crippen molar-refractivity contribution in [3.8, 4) is 0 Å². The minimum Gasteiger partial charge on any atom is -0.375 e. The largest absolute Gasteiger partial charge is 0.375 e. The molecule has 0 bridgehead atoms. The number of amides is 1. The van der Waals surface area contributed by atoms with E-state index in [-0.39, 0.29) is 11.5 Å². The third-order valence-electron chi connectivity index (χ3n) is 6.43.